The molecule has 1 amide bonds. The molecule has 0 radical (unpaired) electrons. The Balaban J connectivity index is 2.13. The molecule has 1 aromatic rings. The van der Waals surface area contributed by atoms with E-state index < -0.39 is 30.8 Å². The molecule has 23 heavy (non-hydrogen) atoms. The number of ether oxygens (including phenoxy) is 1. The highest BCUT2D eigenvalue weighted by molar-refractivity contribution is 6.35. The molecule has 0 aromatic heterocycles. The summed E-state index contributed by atoms with van der Waals surface area (Å²) in [6, 6.07) is 4.16. The predicted octanol–water partition coefficient (Wildman–Crippen LogP) is 3.23. The molecule has 1 heterocycles. The summed E-state index contributed by atoms with van der Waals surface area (Å²) < 4.78 is 44.1. The fraction of sp³-hybridized carbons (Fsp3) is 0.385. The molecule has 0 aliphatic carbocycles. The molecule has 0 saturated heterocycles. The van der Waals surface area contributed by atoms with E-state index in [1.54, 1.807) is 0 Å². The van der Waals surface area contributed by atoms with Crippen LogP contribution in [-0.4, -0.2) is 40.2 Å². The number of hydrogen-bond acceptors (Lipinski definition) is 4. The SMILES string of the molecule is CC1=NN(C(=O)COc2ccc(Cl)cc2Cl)[C@](O)(C(F)(F)F)C1. The summed E-state index contributed by atoms with van der Waals surface area (Å²) in [4.78, 5) is 12.0. The van der Waals surface area contributed by atoms with Gasteiger partial charge in [-0.2, -0.15) is 23.3 Å². The minimum absolute atomic E-state index is 0.00778. The molecule has 2 rings (SSSR count). The summed E-state index contributed by atoms with van der Waals surface area (Å²) in [5.41, 5.74) is -3.40. The Morgan fingerprint density at radius 1 is 1.48 bits per heavy atom. The topological polar surface area (TPSA) is 62.1 Å². The summed E-state index contributed by atoms with van der Waals surface area (Å²) in [7, 11) is 0. The van der Waals surface area contributed by atoms with Gasteiger partial charge in [0.2, 0.25) is 0 Å². The summed E-state index contributed by atoms with van der Waals surface area (Å²) in [6.07, 6.45) is -5.87. The molecule has 1 aromatic carbocycles. The second-order valence-corrected chi connectivity index (χ2v) is 5.74. The number of benzene rings is 1. The lowest BCUT2D eigenvalue weighted by atomic mass is 10.1. The Kier molecular flexibility index (Phi) is 4.79. The molecule has 10 heteroatoms. The zero-order valence-electron chi connectivity index (χ0n) is 11.7. The molecule has 0 bridgehead atoms. The van der Waals surface area contributed by atoms with E-state index in [1.165, 1.54) is 25.1 Å². The summed E-state index contributed by atoms with van der Waals surface area (Å²) in [6.45, 7) is 0.497. The number of nitrogens with zero attached hydrogens (tertiary/aromatic N) is 2. The molecule has 1 atom stereocenters. The normalized spacial score (nSPS) is 21.3. The average Bonchev–Trinajstić information content (AvgIpc) is 2.73. The lowest BCUT2D eigenvalue weighted by Gasteiger charge is -2.32. The Morgan fingerprint density at radius 3 is 2.70 bits per heavy atom. The number of rotatable bonds is 3. The van der Waals surface area contributed by atoms with Crippen molar-refractivity contribution in [2.24, 2.45) is 5.10 Å². The Bertz CT molecular complexity index is 666. The Hall–Kier alpha value is -1.51. The van der Waals surface area contributed by atoms with Crippen LogP contribution in [0.2, 0.25) is 10.0 Å². The first-order valence-electron chi connectivity index (χ1n) is 6.28. The van der Waals surface area contributed by atoms with Crippen LogP contribution in [0.3, 0.4) is 0 Å². The van der Waals surface area contributed by atoms with Crippen molar-refractivity contribution in [1.29, 1.82) is 0 Å². The average molecular weight is 371 g/mol. The number of aliphatic hydroxyl groups is 1. The molecular weight excluding hydrogens is 360 g/mol. The Morgan fingerprint density at radius 2 is 2.13 bits per heavy atom. The van der Waals surface area contributed by atoms with Gasteiger partial charge in [-0.05, 0) is 25.1 Å². The lowest BCUT2D eigenvalue weighted by molar-refractivity contribution is -0.302. The van der Waals surface area contributed by atoms with Gasteiger partial charge in [0, 0.05) is 17.2 Å². The van der Waals surface area contributed by atoms with Crippen molar-refractivity contribution in [3.63, 3.8) is 0 Å². The summed E-state index contributed by atoms with van der Waals surface area (Å²) in [5.74, 6) is -1.09. The first-order valence-corrected chi connectivity index (χ1v) is 7.04. The summed E-state index contributed by atoms with van der Waals surface area (Å²) >= 11 is 11.5. The maximum atomic E-state index is 13.0. The maximum absolute atomic E-state index is 13.0. The number of hydrazone groups is 1. The highest BCUT2D eigenvalue weighted by atomic mass is 35.5. The van der Waals surface area contributed by atoms with Gasteiger partial charge in [0.05, 0.1) is 5.02 Å². The van der Waals surface area contributed by atoms with Crippen molar-refractivity contribution < 1.29 is 27.8 Å². The second kappa shape index (κ2) is 6.18. The van der Waals surface area contributed by atoms with Crippen molar-refractivity contribution >= 4 is 34.8 Å². The van der Waals surface area contributed by atoms with Crippen LogP contribution in [0.25, 0.3) is 0 Å². The molecule has 126 valence electrons. The van der Waals surface area contributed by atoms with Gasteiger partial charge in [-0.3, -0.25) is 4.79 Å². The van der Waals surface area contributed by atoms with Crippen molar-refractivity contribution in [2.75, 3.05) is 6.61 Å². The molecule has 5 nitrogen and oxygen atoms in total. The maximum Gasteiger partial charge on any atom is 0.438 e. The van der Waals surface area contributed by atoms with Crippen LogP contribution in [0.1, 0.15) is 13.3 Å². The minimum atomic E-state index is -5.05. The molecule has 0 unspecified atom stereocenters. The molecule has 1 aliphatic heterocycles. The second-order valence-electron chi connectivity index (χ2n) is 4.90. The number of alkyl halides is 3. The quantitative estimate of drug-likeness (QED) is 0.888. The minimum Gasteiger partial charge on any atom is -0.482 e. The molecule has 1 aliphatic rings. The predicted molar refractivity (Wildman–Crippen MR) is 77.5 cm³/mol. The van der Waals surface area contributed by atoms with Crippen molar-refractivity contribution in [1.82, 2.24) is 5.01 Å². The smallest absolute Gasteiger partial charge is 0.438 e. The zero-order chi connectivity index (χ0) is 17.4. The monoisotopic (exact) mass is 370 g/mol. The van der Waals surface area contributed by atoms with Crippen LogP contribution in [0.5, 0.6) is 5.75 Å². The van der Waals surface area contributed by atoms with Crippen LogP contribution in [-0.2, 0) is 4.79 Å². The van der Waals surface area contributed by atoms with E-state index in [1.807, 2.05) is 0 Å². The van der Waals surface area contributed by atoms with Crippen LogP contribution in [0.4, 0.5) is 13.2 Å². The van der Waals surface area contributed by atoms with Crippen molar-refractivity contribution in [3.8, 4) is 5.75 Å². The molecule has 1 N–H and O–H groups in total. The third-order valence-electron chi connectivity index (χ3n) is 3.06. The van der Waals surface area contributed by atoms with E-state index in [2.05, 4.69) is 5.10 Å². The van der Waals surface area contributed by atoms with E-state index in [-0.39, 0.29) is 21.5 Å². The highest BCUT2D eigenvalue weighted by Crippen LogP contribution is 2.40. The fourth-order valence-electron chi connectivity index (χ4n) is 2.00. The fourth-order valence-corrected chi connectivity index (χ4v) is 2.46. The lowest BCUT2D eigenvalue weighted by Crippen LogP contribution is -2.57. The third-order valence-corrected chi connectivity index (χ3v) is 3.59. The first kappa shape index (κ1) is 17.8. The largest absolute Gasteiger partial charge is 0.482 e. The van der Waals surface area contributed by atoms with E-state index >= 15 is 0 Å². The van der Waals surface area contributed by atoms with Gasteiger partial charge >= 0.3 is 6.18 Å². The zero-order valence-corrected chi connectivity index (χ0v) is 13.2. The highest BCUT2D eigenvalue weighted by Gasteiger charge is 2.62. The van der Waals surface area contributed by atoms with Gasteiger partial charge in [-0.1, -0.05) is 23.2 Å². The standard InChI is InChI=1S/C13H11Cl2F3N2O3/c1-7-5-12(22,13(16,17)18)20(19-7)11(21)6-23-10-3-2-8(14)4-9(10)15/h2-4,22H,5-6H2,1H3/t12-/m1/s1. The summed E-state index contributed by atoms with van der Waals surface area (Å²) in [5, 5.41) is 13.7. The van der Waals surface area contributed by atoms with Crippen molar-refractivity contribution in [2.45, 2.75) is 25.2 Å². The third kappa shape index (κ3) is 3.54. The van der Waals surface area contributed by atoms with E-state index in [0.29, 0.717) is 5.02 Å². The molecule has 0 saturated carbocycles. The first-order chi connectivity index (χ1) is 10.5. The van der Waals surface area contributed by atoms with Crippen LogP contribution in [0, 0.1) is 0 Å². The number of amides is 1. The number of carbonyl (C=O) groups excluding carboxylic acids is 1. The molecular formula is C13H11Cl2F3N2O3. The van der Waals surface area contributed by atoms with Crippen LogP contribution in [0.15, 0.2) is 23.3 Å². The van der Waals surface area contributed by atoms with Gasteiger partial charge in [0.25, 0.3) is 11.6 Å². The van der Waals surface area contributed by atoms with Gasteiger partial charge in [0.15, 0.2) is 6.61 Å². The number of carbonyl (C=O) groups is 1. The molecule has 0 spiro atoms. The number of halogens is 5. The van der Waals surface area contributed by atoms with Gasteiger partial charge < -0.3 is 9.84 Å². The Labute approximate surface area is 139 Å². The van der Waals surface area contributed by atoms with E-state index in [9.17, 15) is 23.1 Å². The number of hydrogen-bond donors (Lipinski definition) is 1. The van der Waals surface area contributed by atoms with Gasteiger partial charge in [-0.25, -0.2) is 0 Å². The van der Waals surface area contributed by atoms with E-state index in [4.69, 9.17) is 27.9 Å². The van der Waals surface area contributed by atoms with Crippen molar-refractivity contribution in [3.05, 3.63) is 28.2 Å². The molecule has 0 fully saturated rings. The van der Waals surface area contributed by atoms with Crippen LogP contribution >= 0.6 is 23.2 Å². The van der Waals surface area contributed by atoms with Gasteiger partial charge in [0.1, 0.15) is 5.75 Å². The van der Waals surface area contributed by atoms with E-state index in [0.717, 1.165) is 0 Å². The van der Waals surface area contributed by atoms with Crippen LogP contribution < -0.4 is 4.74 Å². The van der Waals surface area contributed by atoms with Gasteiger partial charge in [-0.15, -0.1) is 0 Å².